The number of ether oxygens (including phenoxy) is 1. The number of hydrogen-bond donors (Lipinski definition) is 0. The molecule has 170 valence electrons. The van der Waals surface area contributed by atoms with Gasteiger partial charge in [0.2, 0.25) is 11.8 Å². The van der Waals surface area contributed by atoms with E-state index in [0.29, 0.717) is 25.3 Å². The fraction of sp³-hybridized carbons (Fsp3) is 0.296. The molecule has 1 saturated heterocycles. The smallest absolute Gasteiger partial charge is 0.245 e. The molecule has 2 heterocycles. The van der Waals surface area contributed by atoms with Crippen molar-refractivity contribution in [1.29, 1.82) is 0 Å². The van der Waals surface area contributed by atoms with Gasteiger partial charge in [0.1, 0.15) is 11.8 Å². The van der Waals surface area contributed by atoms with Crippen LogP contribution in [-0.2, 0) is 22.4 Å². The number of benzene rings is 2. The lowest BCUT2D eigenvalue weighted by Crippen LogP contribution is -2.58. The summed E-state index contributed by atoms with van der Waals surface area (Å²) in [5.74, 6) is 0.612. The third-order valence-corrected chi connectivity index (χ3v) is 6.21. The third kappa shape index (κ3) is 5.06. The second-order valence-corrected chi connectivity index (χ2v) is 8.49. The molecule has 1 unspecified atom stereocenters. The molecule has 1 fully saturated rings. The number of pyridine rings is 1. The molecule has 4 rings (SSSR count). The number of likely N-dealkylation sites (N-methyl/N-ethyl adjacent to an activating group) is 1. The van der Waals surface area contributed by atoms with Crippen LogP contribution < -0.4 is 4.74 Å². The highest BCUT2D eigenvalue weighted by atomic mass is 16.5. The van der Waals surface area contributed by atoms with Crippen molar-refractivity contribution in [3.63, 3.8) is 0 Å². The molecule has 6 heteroatoms. The number of rotatable bonds is 6. The Morgan fingerprint density at radius 2 is 1.73 bits per heavy atom. The lowest BCUT2D eigenvalue weighted by molar-refractivity contribution is -0.149. The Labute approximate surface area is 194 Å². The number of aromatic nitrogens is 1. The normalized spacial score (nSPS) is 16.1. The molecule has 1 aliphatic rings. The van der Waals surface area contributed by atoms with E-state index >= 15 is 0 Å². The van der Waals surface area contributed by atoms with E-state index in [-0.39, 0.29) is 18.2 Å². The SMILES string of the molecule is COc1ccc(C)cc1CC(=O)N1CCN(C)C(=O)C1Cc1ccc(-c2ccncc2)cc1. The van der Waals surface area contributed by atoms with Crippen molar-refractivity contribution < 1.29 is 14.3 Å². The van der Waals surface area contributed by atoms with Crippen molar-refractivity contribution in [2.75, 3.05) is 27.2 Å². The summed E-state index contributed by atoms with van der Waals surface area (Å²) in [5, 5.41) is 0. The van der Waals surface area contributed by atoms with Gasteiger partial charge in [-0.3, -0.25) is 14.6 Å². The number of hydrogen-bond acceptors (Lipinski definition) is 4. The second-order valence-electron chi connectivity index (χ2n) is 8.49. The summed E-state index contributed by atoms with van der Waals surface area (Å²) in [6.45, 7) is 3.05. The Morgan fingerprint density at radius 3 is 2.42 bits per heavy atom. The van der Waals surface area contributed by atoms with Crippen LogP contribution in [0.15, 0.2) is 67.0 Å². The average Bonchev–Trinajstić information content (AvgIpc) is 2.83. The topological polar surface area (TPSA) is 62.7 Å². The van der Waals surface area contributed by atoms with Crippen LogP contribution in [-0.4, -0.2) is 59.9 Å². The molecule has 2 aromatic carbocycles. The number of aryl methyl sites for hydroxylation is 1. The molecule has 1 aliphatic heterocycles. The van der Waals surface area contributed by atoms with Crippen LogP contribution >= 0.6 is 0 Å². The van der Waals surface area contributed by atoms with Gasteiger partial charge in [-0.15, -0.1) is 0 Å². The fourth-order valence-electron chi connectivity index (χ4n) is 4.32. The van der Waals surface area contributed by atoms with E-state index in [2.05, 4.69) is 4.98 Å². The van der Waals surface area contributed by atoms with E-state index in [4.69, 9.17) is 4.74 Å². The monoisotopic (exact) mass is 443 g/mol. The summed E-state index contributed by atoms with van der Waals surface area (Å²) >= 11 is 0. The van der Waals surface area contributed by atoms with E-state index in [1.165, 1.54) is 0 Å². The number of carbonyl (C=O) groups excluding carboxylic acids is 2. The molecule has 1 aromatic heterocycles. The number of nitrogens with zero attached hydrogens (tertiary/aromatic N) is 3. The minimum atomic E-state index is -0.515. The zero-order valence-electron chi connectivity index (χ0n) is 19.3. The average molecular weight is 444 g/mol. The highest BCUT2D eigenvalue weighted by Gasteiger charge is 2.36. The van der Waals surface area contributed by atoms with Gasteiger partial charge in [0.05, 0.1) is 13.5 Å². The summed E-state index contributed by atoms with van der Waals surface area (Å²) in [6, 6.07) is 17.4. The molecule has 1 atom stereocenters. The highest BCUT2D eigenvalue weighted by Crippen LogP contribution is 2.24. The van der Waals surface area contributed by atoms with E-state index < -0.39 is 6.04 Å². The summed E-state index contributed by atoms with van der Waals surface area (Å²) in [4.78, 5) is 33.9. The Morgan fingerprint density at radius 1 is 1.03 bits per heavy atom. The lowest BCUT2D eigenvalue weighted by Gasteiger charge is -2.39. The van der Waals surface area contributed by atoms with Crippen LogP contribution in [0.25, 0.3) is 11.1 Å². The number of methoxy groups -OCH3 is 1. The Kier molecular flexibility index (Phi) is 6.73. The molecular weight excluding hydrogens is 414 g/mol. The van der Waals surface area contributed by atoms with Gasteiger partial charge in [-0.05, 0) is 41.8 Å². The predicted octanol–water partition coefficient (Wildman–Crippen LogP) is 3.52. The van der Waals surface area contributed by atoms with Crippen molar-refractivity contribution in [1.82, 2.24) is 14.8 Å². The molecular formula is C27H29N3O3. The highest BCUT2D eigenvalue weighted by molar-refractivity contribution is 5.90. The summed E-state index contributed by atoms with van der Waals surface area (Å²) in [7, 11) is 3.41. The third-order valence-electron chi connectivity index (χ3n) is 6.21. The first kappa shape index (κ1) is 22.5. The van der Waals surface area contributed by atoms with Gasteiger partial charge in [0.15, 0.2) is 0 Å². The Hall–Kier alpha value is -3.67. The first-order valence-electron chi connectivity index (χ1n) is 11.1. The molecule has 3 aromatic rings. The molecule has 33 heavy (non-hydrogen) atoms. The van der Waals surface area contributed by atoms with Gasteiger partial charge in [-0.25, -0.2) is 0 Å². The minimum Gasteiger partial charge on any atom is -0.496 e. The van der Waals surface area contributed by atoms with Crippen LogP contribution in [0.3, 0.4) is 0 Å². The van der Waals surface area contributed by atoms with Gasteiger partial charge in [-0.1, -0.05) is 42.0 Å². The van der Waals surface area contributed by atoms with Crippen LogP contribution in [0.4, 0.5) is 0 Å². The molecule has 6 nitrogen and oxygen atoms in total. The fourth-order valence-corrected chi connectivity index (χ4v) is 4.32. The van der Waals surface area contributed by atoms with E-state index in [1.807, 2.05) is 61.5 Å². The van der Waals surface area contributed by atoms with Gasteiger partial charge in [0, 0.05) is 44.5 Å². The molecule has 0 N–H and O–H groups in total. The van der Waals surface area contributed by atoms with Crippen molar-refractivity contribution >= 4 is 11.8 Å². The molecule has 0 radical (unpaired) electrons. The molecule has 2 amide bonds. The maximum atomic E-state index is 13.3. The summed E-state index contributed by atoms with van der Waals surface area (Å²) in [6.07, 6.45) is 4.23. The zero-order chi connectivity index (χ0) is 23.4. The van der Waals surface area contributed by atoms with Gasteiger partial charge in [-0.2, -0.15) is 0 Å². The summed E-state index contributed by atoms with van der Waals surface area (Å²) < 4.78 is 5.45. The zero-order valence-corrected chi connectivity index (χ0v) is 19.3. The van der Waals surface area contributed by atoms with Gasteiger partial charge in [0.25, 0.3) is 0 Å². The minimum absolute atomic E-state index is 0.0241. The number of amides is 2. The van der Waals surface area contributed by atoms with Crippen molar-refractivity contribution in [3.8, 4) is 16.9 Å². The lowest BCUT2D eigenvalue weighted by atomic mass is 9.98. The molecule has 0 bridgehead atoms. The molecule has 0 aliphatic carbocycles. The van der Waals surface area contributed by atoms with E-state index in [9.17, 15) is 9.59 Å². The Balaban J connectivity index is 1.54. The Bertz CT molecular complexity index is 1130. The number of carbonyl (C=O) groups is 2. The van der Waals surface area contributed by atoms with Crippen molar-refractivity contribution in [2.45, 2.75) is 25.8 Å². The quantitative estimate of drug-likeness (QED) is 0.585. The molecule has 0 spiro atoms. The van der Waals surface area contributed by atoms with Crippen LogP contribution in [0.1, 0.15) is 16.7 Å². The van der Waals surface area contributed by atoms with Crippen molar-refractivity contribution in [2.24, 2.45) is 0 Å². The molecule has 0 saturated carbocycles. The standard InChI is InChI=1S/C27H29N3O3/c1-19-4-9-25(33-3)23(16-19)18-26(31)30-15-14-29(2)27(32)24(30)17-20-5-7-21(8-6-20)22-10-12-28-13-11-22/h4-13,16,24H,14-15,17-18H2,1-3H3. The van der Waals surface area contributed by atoms with E-state index in [0.717, 1.165) is 27.8 Å². The maximum absolute atomic E-state index is 13.3. The summed E-state index contributed by atoms with van der Waals surface area (Å²) in [5.41, 5.74) is 5.11. The van der Waals surface area contributed by atoms with Gasteiger partial charge >= 0.3 is 0 Å². The van der Waals surface area contributed by atoms with E-state index in [1.54, 1.807) is 36.4 Å². The predicted molar refractivity (Wildman–Crippen MR) is 128 cm³/mol. The van der Waals surface area contributed by atoms with Crippen LogP contribution in [0.5, 0.6) is 5.75 Å². The van der Waals surface area contributed by atoms with Gasteiger partial charge < -0.3 is 14.5 Å². The maximum Gasteiger partial charge on any atom is 0.245 e. The largest absolute Gasteiger partial charge is 0.496 e. The van der Waals surface area contributed by atoms with Crippen molar-refractivity contribution in [3.05, 3.63) is 83.7 Å². The first-order chi connectivity index (χ1) is 16.0. The van der Waals surface area contributed by atoms with Crippen LogP contribution in [0, 0.1) is 6.92 Å². The first-order valence-corrected chi connectivity index (χ1v) is 11.1. The second kappa shape index (κ2) is 9.86. The van der Waals surface area contributed by atoms with Crippen LogP contribution in [0.2, 0.25) is 0 Å². The number of piperazine rings is 1.